The van der Waals surface area contributed by atoms with E-state index in [4.69, 9.17) is 4.74 Å². The Morgan fingerprint density at radius 1 is 1.33 bits per heavy atom. The highest BCUT2D eigenvalue weighted by molar-refractivity contribution is 5.89. The third-order valence-electron chi connectivity index (χ3n) is 4.80. The Balaban J connectivity index is 1.95. The van der Waals surface area contributed by atoms with Gasteiger partial charge in [-0.05, 0) is 48.4 Å². The van der Waals surface area contributed by atoms with E-state index < -0.39 is 18.9 Å². The van der Waals surface area contributed by atoms with Crippen LogP contribution in [0.4, 0.5) is 23.7 Å². The number of aliphatic hydroxyl groups is 1. The molecule has 27 heavy (non-hydrogen) atoms. The van der Waals surface area contributed by atoms with E-state index >= 15 is 0 Å². The Labute approximate surface area is 157 Å². The molecule has 1 fully saturated rings. The highest BCUT2D eigenvalue weighted by atomic mass is 19.4. The summed E-state index contributed by atoms with van der Waals surface area (Å²) in [5, 5.41) is 13.1. The van der Waals surface area contributed by atoms with Gasteiger partial charge in [0.05, 0.1) is 6.10 Å². The largest absolute Gasteiger partial charge is 0.484 e. The molecule has 2 amide bonds. The number of benzene rings is 1. The highest BCUT2D eigenvalue weighted by Gasteiger charge is 2.37. The van der Waals surface area contributed by atoms with E-state index in [2.05, 4.69) is 26.1 Å². The summed E-state index contributed by atoms with van der Waals surface area (Å²) in [4.78, 5) is 14.0. The maximum atomic E-state index is 12.4. The molecule has 1 heterocycles. The number of urea groups is 1. The molecule has 0 aliphatic carbocycles. The summed E-state index contributed by atoms with van der Waals surface area (Å²) in [6, 6.07) is 4.11. The van der Waals surface area contributed by atoms with E-state index in [1.807, 2.05) is 0 Å². The summed E-state index contributed by atoms with van der Waals surface area (Å²) < 4.78 is 41.5. The lowest BCUT2D eigenvalue weighted by Crippen LogP contribution is -2.51. The van der Waals surface area contributed by atoms with Crippen LogP contribution in [-0.2, 0) is 0 Å². The minimum Gasteiger partial charge on any atom is -0.484 e. The Morgan fingerprint density at radius 2 is 2.00 bits per heavy atom. The number of β-amino-alcohol motifs (C(OH)–C–C–N with tert-alkyl or cyclic N) is 1. The first kappa shape index (κ1) is 21.3. The number of halogens is 3. The molecule has 2 atom stereocenters. The number of likely N-dealkylation sites (tertiary alicyclic amines) is 1. The average Bonchev–Trinajstić information content (AvgIpc) is 2.51. The fourth-order valence-electron chi connectivity index (χ4n) is 3.38. The number of nitrogens with one attached hydrogen (secondary N) is 1. The fourth-order valence-corrected chi connectivity index (χ4v) is 3.38. The van der Waals surface area contributed by atoms with Gasteiger partial charge in [0.1, 0.15) is 5.75 Å². The molecule has 0 radical (unpaired) electrons. The van der Waals surface area contributed by atoms with Crippen molar-refractivity contribution in [3.8, 4) is 5.75 Å². The van der Waals surface area contributed by atoms with Crippen LogP contribution in [0.5, 0.6) is 5.75 Å². The van der Waals surface area contributed by atoms with Gasteiger partial charge in [-0.15, -0.1) is 0 Å². The van der Waals surface area contributed by atoms with Gasteiger partial charge in [0.25, 0.3) is 0 Å². The molecular formula is C19H27F3N2O3. The number of hydrogen-bond acceptors (Lipinski definition) is 3. The van der Waals surface area contributed by atoms with Crippen molar-refractivity contribution in [3.05, 3.63) is 23.8 Å². The molecule has 1 aliphatic heterocycles. The molecular weight excluding hydrogens is 361 g/mol. The van der Waals surface area contributed by atoms with Crippen LogP contribution in [0, 0.1) is 18.3 Å². The standard InChI is InChI=1S/C19H27F3N2O3/c1-12-9-13(5-6-16(12)27-11-19(20,21)22)23-17(26)24-8-7-14(15(25)10-24)18(2,3)4/h5-6,9,14-15,25H,7-8,10-11H2,1-4H3,(H,23,26)/t14-,15-/m0/s1. The number of nitrogens with zero attached hydrogens (tertiary/aromatic N) is 1. The summed E-state index contributed by atoms with van der Waals surface area (Å²) in [5.74, 6) is 0.237. The number of carbonyl (C=O) groups excluding carboxylic acids is 1. The van der Waals surface area contributed by atoms with Crippen LogP contribution >= 0.6 is 0 Å². The van der Waals surface area contributed by atoms with E-state index in [0.29, 0.717) is 24.2 Å². The van der Waals surface area contributed by atoms with Gasteiger partial charge in [-0.2, -0.15) is 13.2 Å². The molecule has 1 aliphatic rings. The normalized spacial score (nSPS) is 21.1. The zero-order chi connectivity index (χ0) is 20.4. The summed E-state index contributed by atoms with van der Waals surface area (Å²) >= 11 is 0. The van der Waals surface area contributed by atoms with E-state index in [0.717, 1.165) is 0 Å². The lowest BCUT2D eigenvalue weighted by atomic mass is 9.74. The van der Waals surface area contributed by atoms with Crippen LogP contribution < -0.4 is 10.1 Å². The number of rotatable bonds is 3. The van der Waals surface area contributed by atoms with E-state index in [1.54, 1.807) is 17.9 Å². The molecule has 1 aromatic carbocycles. The van der Waals surface area contributed by atoms with E-state index in [-0.39, 0.29) is 29.7 Å². The minimum atomic E-state index is -4.40. The first-order chi connectivity index (χ1) is 12.4. The molecule has 2 rings (SSSR count). The number of aliphatic hydroxyl groups excluding tert-OH is 1. The monoisotopic (exact) mass is 388 g/mol. The SMILES string of the molecule is Cc1cc(NC(=O)N2CC[C@H](C(C)(C)C)[C@@H](O)C2)ccc1OCC(F)(F)F. The van der Waals surface area contributed by atoms with Crippen molar-refractivity contribution >= 4 is 11.7 Å². The van der Waals surface area contributed by atoms with Gasteiger partial charge in [-0.3, -0.25) is 0 Å². The van der Waals surface area contributed by atoms with E-state index in [1.165, 1.54) is 12.1 Å². The van der Waals surface area contributed by atoms with Gasteiger partial charge in [0, 0.05) is 18.8 Å². The van der Waals surface area contributed by atoms with Crippen molar-refractivity contribution in [1.82, 2.24) is 4.90 Å². The van der Waals surface area contributed by atoms with Gasteiger partial charge >= 0.3 is 12.2 Å². The zero-order valence-electron chi connectivity index (χ0n) is 16.1. The molecule has 0 bridgehead atoms. The lowest BCUT2D eigenvalue weighted by molar-refractivity contribution is -0.153. The molecule has 0 aromatic heterocycles. The molecule has 2 N–H and O–H groups in total. The predicted molar refractivity (Wildman–Crippen MR) is 96.9 cm³/mol. The third-order valence-corrected chi connectivity index (χ3v) is 4.80. The number of ether oxygens (including phenoxy) is 1. The van der Waals surface area contributed by atoms with Crippen LogP contribution in [0.1, 0.15) is 32.8 Å². The maximum Gasteiger partial charge on any atom is 0.422 e. The second-order valence-electron chi connectivity index (χ2n) is 8.09. The molecule has 0 spiro atoms. The molecule has 5 nitrogen and oxygen atoms in total. The van der Waals surface area contributed by atoms with Crippen molar-refractivity contribution in [1.29, 1.82) is 0 Å². The van der Waals surface area contributed by atoms with Crippen molar-refractivity contribution in [2.75, 3.05) is 25.0 Å². The molecule has 0 unspecified atom stereocenters. The van der Waals surface area contributed by atoms with Crippen LogP contribution in [0.3, 0.4) is 0 Å². The molecule has 152 valence electrons. The molecule has 1 aromatic rings. The number of amides is 2. The molecule has 1 saturated heterocycles. The minimum absolute atomic E-state index is 0.0364. The molecule has 0 saturated carbocycles. The topological polar surface area (TPSA) is 61.8 Å². The summed E-state index contributed by atoms with van der Waals surface area (Å²) in [5.41, 5.74) is 0.915. The number of alkyl halides is 3. The van der Waals surface area contributed by atoms with Crippen molar-refractivity contribution in [2.24, 2.45) is 11.3 Å². The smallest absolute Gasteiger partial charge is 0.422 e. The van der Waals surface area contributed by atoms with Gasteiger partial charge < -0.3 is 20.1 Å². The van der Waals surface area contributed by atoms with Crippen LogP contribution in [-0.4, -0.2) is 48.0 Å². The van der Waals surface area contributed by atoms with Crippen LogP contribution in [0.25, 0.3) is 0 Å². The van der Waals surface area contributed by atoms with Crippen molar-refractivity contribution in [2.45, 2.75) is 46.4 Å². The Kier molecular flexibility index (Phi) is 6.29. The Hall–Kier alpha value is -1.96. The maximum absolute atomic E-state index is 12.4. The second-order valence-corrected chi connectivity index (χ2v) is 8.09. The van der Waals surface area contributed by atoms with Gasteiger partial charge in [-0.25, -0.2) is 4.79 Å². The summed E-state index contributed by atoms with van der Waals surface area (Å²) in [6.07, 6.45) is -4.29. The average molecular weight is 388 g/mol. The number of anilines is 1. The lowest BCUT2D eigenvalue weighted by Gasteiger charge is -2.42. The number of aryl methyl sites for hydroxylation is 1. The Bertz CT molecular complexity index is 671. The van der Waals surface area contributed by atoms with Gasteiger partial charge in [0.2, 0.25) is 0 Å². The summed E-state index contributed by atoms with van der Waals surface area (Å²) in [6.45, 7) is 7.25. The fraction of sp³-hybridized carbons (Fsp3) is 0.632. The zero-order valence-corrected chi connectivity index (χ0v) is 16.1. The number of hydrogen-bond donors (Lipinski definition) is 2. The third kappa shape index (κ3) is 6.02. The number of carbonyl (C=O) groups is 1. The van der Waals surface area contributed by atoms with Crippen LogP contribution in [0.2, 0.25) is 0 Å². The predicted octanol–water partition coefficient (Wildman–Crippen LogP) is 4.20. The van der Waals surface area contributed by atoms with E-state index in [9.17, 15) is 23.1 Å². The summed E-state index contributed by atoms with van der Waals surface area (Å²) in [7, 11) is 0. The number of piperidine rings is 1. The first-order valence-corrected chi connectivity index (χ1v) is 8.91. The first-order valence-electron chi connectivity index (χ1n) is 8.91. The van der Waals surface area contributed by atoms with Crippen molar-refractivity contribution < 1.29 is 27.8 Å². The molecule has 8 heteroatoms. The second kappa shape index (κ2) is 7.96. The highest BCUT2D eigenvalue weighted by Crippen LogP contribution is 2.34. The van der Waals surface area contributed by atoms with Crippen LogP contribution in [0.15, 0.2) is 18.2 Å². The van der Waals surface area contributed by atoms with Gasteiger partial charge in [0.15, 0.2) is 6.61 Å². The quantitative estimate of drug-likeness (QED) is 0.816. The van der Waals surface area contributed by atoms with Crippen molar-refractivity contribution in [3.63, 3.8) is 0 Å². The van der Waals surface area contributed by atoms with Gasteiger partial charge in [-0.1, -0.05) is 20.8 Å². The Morgan fingerprint density at radius 3 is 2.52 bits per heavy atom.